The van der Waals surface area contributed by atoms with Crippen LogP contribution in [0.4, 0.5) is 0 Å². The lowest BCUT2D eigenvalue weighted by Gasteiger charge is -2.32. The Hall–Kier alpha value is -2.17. The van der Waals surface area contributed by atoms with Gasteiger partial charge in [0.2, 0.25) is 0 Å². The molecule has 1 saturated heterocycles. The topological polar surface area (TPSA) is 38.8 Å². The Kier molecular flexibility index (Phi) is 5.40. The van der Waals surface area contributed by atoms with E-state index in [9.17, 15) is 4.79 Å². The summed E-state index contributed by atoms with van der Waals surface area (Å²) in [7, 11) is 0. The van der Waals surface area contributed by atoms with Gasteiger partial charge in [-0.3, -0.25) is 4.90 Å². The standard InChI is InChI=1S/C19H21NO3/c21-19(17-9-5-2-6-10-17)23-15-18-14-20(11-12-22-18)13-16-7-3-1-4-8-16/h1-10,18H,11-15H2/t18-/m0/s1. The SMILES string of the molecule is O=C(OC[C@@H]1CN(Cc2ccccc2)CCO1)c1ccccc1. The summed E-state index contributed by atoms with van der Waals surface area (Å²) in [6, 6.07) is 19.4. The zero-order chi connectivity index (χ0) is 15.9. The Labute approximate surface area is 136 Å². The molecule has 0 spiro atoms. The third kappa shape index (κ3) is 4.65. The van der Waals surface area contributed by atoms with Crippen LogP contribution in [0, 0.1) is 0 Å². The van der Waals surface area contributed by atoms with Crippen LogP contribution in [0.3, 0.4) is 0 Å². The van der Waals surface area contributed by atoms with E-state index in [1.807, 2.05) is 24.3 Å². The Balaban J connectivity index is 1.48. The number of esters is 1. The highest BCUT2D eigenvalue weighted by atomic mass is 16.6. The first kappa shape index (κ1) is 15.7. The summed E-state index contributed by atoms with van der Waals surface area (Å²) in [6.07, 6.45) is -0.0693. The Morgan fingerprint density at radius 2 is 1.78 bits per heavy atom. The van der Waals surface area contributed by atoms with Crippen LogP contribution >= 0.6 is 0 Å². The van der Waals surface area contributed by atoms with Crippen molar-refractivity contribution in [2.75, 3.05) is 26.3 Å². The van der Waals surface area contributed by atoms with Gasteiger partial charge in [0, 0.05) is 19.6 Å². The van der Waals surface area contributed by atoms with E-state index < -0.39 is 0 Å². The Bertz CT molecular complexity index is 615. The van der Waals surface area contributed by atoms with E-state index in [0.717, 1.165) is 19.6 Å². The number of hydrogen-bond acceptors (Lipinski definition) is 4. The number of ether oxygens (including phenoxy) is 2. The lowest BCUT2D eigenvalue weighted by atomic mass is 10.2. The van der Waals surface area contributed by atoms with Crippen molar-refractivity contribution in [2.45, 2.75) is 12.6 Å². The minimum Gasteiger partial charge on any atom is -0.459 e. The lowest BCUT2D eigenvalue weighted by Crippen LogP contribution is -2.44. The Morgan fingerprint density at radius 1 is 1.09 bits per heavy atom. The molecule has 120 valence electrons. The maximum atomic E-state index is 12.0. The summed E-state index contributed by atoms with van der Waals surface area (Å²) in [5.74, 6) is -0.297. The van der Waals surface area contributed by atoms with Gasteiger partial charge in [0.25, 0.3) is 0 Å². The van der Waals surface area contributed by atoms with Gasteiger partial charge in [-0.15, -0.1) is 0 Å². The molecule has 0 unspecified atom stereocenters. The average Bonchev–Trinajstić information content (AvgIpc) is 2.62. The van der Waals surface area contributed by atoms with Crippen molar-refractivity contribution in [3.05, 3.63) is 71.8 Å². The smallest absolute Gasteiger partial charge is 0.338 e. The van der Waals surface area contributed by atoms with Gasteiger partial charge in [-0.05, 0) is 17.7 Å². The van der Waals surface area contributed by atoms with Crippen LogP contribution in [-0.4, -0.2) is 43.3 Å². The van der Waals surface area contributed by atoms with Gasteiger partial charge in [-0.1, -0.05) is 48.5 Å². The largest absolute Gasteiger partial charge is 0.459 e. The molecule has 1 heterocycles. The molecular weight excluding hydrogens is 290 g/mol. The fraction of sp³-hybridized carbons (Fsp3) is 0.316. The van der Waals surface area contributed by atoms with Gasteiger partial charge in [0.1, 0.15) is 12.7 Å². The minimum atomic E-state index is -0.297. The Morgan fingerprint density at radius 3 is 2.52 bits per heavy atom. The zero-order valence-corrected chi connectivity index (χ0v) is 13.1. The van der Waals surface area contributed by atoms with E-state index in [2.05, 4.69) is 29.2 Å². The van der Waals surface area contributed by atoms with Crippen LogP contribution in [0.2, 0.25) is 0 Å². The second-order valence-corrected chi connectivity index (χ2v) is 5.68. The maximum Gasteiger partial charge on any atom is 0.338 e. The number of hydrogen-bond donors (Lipinski definition) is 0. The molecule has 1 atom stereocenters. The number of rotatable bonds is 5. The van der Waals surface area contributed by atoms with E-state index in [0.29, 0.717) is 18.8 Å². The third-order valence-electron chi connectivity index (χ3n) is 3.88. The van der Waals surface area contributed by atoms with Crippen LogP contribution in [0.1, 0.15) is 15.9 Å². The summed E-state index contributed by atoms with van der Waals surface area (Å²) in [5.41, 5.74) is 1.86. The van der Waals surface area contributed by atoms with Gasteiger partial charge >= 0.3 is 5.97 Å². The van der Waals surface area contributed by atoms with Crippen LogP contribution in [0.5, 0.6) is 0 Å². The van der Waals surface area contributed by atoms with Crippen LogP contribution in [0.25, 0.3) is 0 Å². The average molecular weight is 311 g/mol. The third-order valence-corrected chi connectivity index (χ3v) is 3.88. The fourth-order valence-corrected chi connectivity index (χ4v) is 2.69. The molecule has 0 radical (unpaired) electrons. The fourth-order valence-electron chi connectivity index (χ4n) is 2.69. The second-order valence-electron chi connectivity index (χ2n) is 5.68. The normalized spacial score (nSPS) is 18.5. The lowest BCUT2D eigenvalue weighted by molar-refractivity contribution is -0.0612. The maximum absolute atomic E-state index is 12.0. The monoisotopic (exact) mass is 311 g/mol. The molecule has 4 heteroatoms. The molecule has 2 aromatic carbocycles. The van der Waals surface area contributed by atoms with Gasteiger partial charge in [-0.25, -0.2) is 4.79 Å². The van der Waals surface area contributed by atoms with Crippen molar-refractivity contribution in [3.8, 4) is 0 Å². The van der Waals surface area contributed by atoms with E-state index in [4.69, 9.17) is 9.47 Å². The van der Waals surface area contributed by atoms with Crippen molar-refractivity contribution < 1.29 is 14.3 Å². The number of nitrogens with zero attached hydrogens (tertiary/aromatic N) is 1. The first-order valence-corrected chi connectivity index (χ1v) is 7.91. The molecule has 0 aliphatic carbocycles. The highest BCUT2D eigenvalue weighted by Gasteiger charge is 2.22. The van der Waals surface area contributed by atoms with Gasteiger partial charge in [0.15, 0.2) is 0 Å². The van der Waals surface area contributed by atoms with E-state index in [1.165, 1.54) is 5.56 Å². The molecule has 1 aliphatic rings. The molecule has 0 amide bonds. The molecule has 1 fully saturated rings. The molecule has 0 bridgehead atoms. The number of morpholine rings is 1. The van der Waals surface area contributed by atoms with Gasteiger partial charge < -0.3 is 9.47 Å². The van der Waals surface area contributed by atoms with E-state index in [1.54, 1.807) is 12.1 Å². The zero-order valence-electron chi connectivity index (χ0n) is 13.1. The summed E-state index contributed by atoms with van der Waals surface area (Å²) in [4.78, 5) is 14.3. The van der Waals surface area contributed by atoms with Crippen molar-refractivity contribution in [2.24, 2.45) is 0 Å². The summed E-state index contributed by atoms with van der Waals surface area (Å²) >= 11 is 0. The number of benzene rings is 2. The second kappa shape index (κ2) is 7.90. The molecule has 1 aliphatic heterocycles. The molecule has 0 saturated carbocycles. The molecular formula is C19H21NO3. The van der Waals surface area contributed by atoms with Crippen molar-refractivity contribution in [3.63, 3.8) is 0 Å². The van der Waals surface area contributed by atoms with Crippen LogP contribution < -0.4 is 0 Å². The summed E-state index contributed by atoms with van der Waals surface area (Å²) in [6.45, 7) is 3.53. The predicted molar refractivity (Wildman–Crippen MR) is 88.2 cm³/mol. The summed E-state index contributed by atoms with van der Waals surface area (Å²) in [5, 5.41) is 0. The molecule has 0 aromatic heterocycles. The van der Waals surface area contributed by atoms with Crippen molar-refractivity contribution >= 4 is 5.97 Å². The molecule has 3 rings (SSSR count). The van der Waals surface area contributed by atoms with Crippen molar-refractivity contribution in [1.29, 1.82) is 0 Å². The molecule has 23 heavy (non-hydrogen) atoms. The first-order chi connectivity index (χ1) is 11.3. The van der Waals surface area contributed by atoms with Crippen molar-refractivity contribution in [1.82, 2.24) is 4.90 Å². The van der Waals surface area contributed by atoms with E-state index in [-0.39, 0.29) is 12.1 Å². The first-order valence-electron chi connectivity index (χ1n) is 7.91. The van der Waals surface area contributed by atoms with Gasteiger partial charge in [0.05, 0.1) is 12.2 Å². The van der Waals surface area contributed by atoms with Crippen LogP contribution in [-0.2, 0) is 16.0 Å². The highest BCUT2D eigenvalue weighted by molar-refractivity contribution is 5.89. The molecule has 4 nitrogen and oxygen atoms in total. The minimum absolute atomic E-state index is 0.0693. The number of carbonyl (C=O) groups excluding carboxylic acids is 1. The molecule has 2 aromatic rings. The summed E-state index contributed by atoms with van der Waals surface area (Å²) < 4.78 is 11.1. The van der Waals surface area contributed by atoms with Gasteiger partial charge in [-0.2, -0.15) is 0 Å². The highest BCUT2D eigenvalue weighted by Crippen LogP contribution is 2.11. The quantitative estimate of drug-likeness (QED) is 0.796. The number of carbonyl (C=O) groups is 1. The van der Waals surface area contributed by atoms with E-state index >= 15 is 0 Å². The van der Waals surface area contributed by atoms with Crippen LogP contribution in [0.15, 0.2) is 60.7 Å². The predicted octanol–water partition coefficient (Wildman–Crippen LogP) is 2.74. The molecule has 0 N–H and O–H groups in total.